The van der Waals surface area contributed by atoms with E-state index in [0.717, 1.165) is 6.07 Å². The molecule has 0 amide bonds. The number of hydrogen-bond donors (Lipinski definition) is 1. The van der Waals surface area contributed by atoms with Crippen molar-refractivity contribution in [1.29, 1.82) is 5.26 Å². The zero-order valence-corrected chi connectivity index (χ0v) is 9.16. The second-order valence-corrected chi connectivity index (χ2v) is 3.59. The summed E-state index contributed by atoms with van der Waals surface area (Å²) in [4.78, 5) is 10.1. The van der Waals surface area contributed by atoms with Gasteiger partial charge in [0.1, 0.15) is 11.8 Å². The van der Waals surface area contributed by atoms with E-state index in [2.05, 4.69) is 20.7 Å². The largest absolute Gasteiger partial charge is 0.501 e. The van der Waals surface area contributed by atoms with Gasteiger partial charge in [-0.2, -0.15) is 14.0 Å². The molecular weight excluding hydrogens is 288 g/mol. The molecule has 0 radical (unpaired) electrons. The van der Waals surface area contributed by atoms with Crippen molar-refractivity contribution < 1.29 is 23.4 Å². The summed E-state index contributed by atoms with van der Waals surface area (Å²) in [7, 11) is 0. The first-order valence-electron chi connectivity index (χ1n) is 3.86. The molecule has 1 rings (SSSR count). The van der Waals surface area contributed by atoms with Crippen molar-refractivity contribution in [2.24, 2.45) is 0 Å². The number of halogens is 3. The number of carboxylic acid groups (broad SMARTS) is 1. The number of carboxylic acids is 1. The van der Waals surface area contributed by atoms with E-state index < -0.39 is 17.8 Å². The van der Waals surface area contributed by atoms with Gasteiger partial charge in [0.25, 0.3) is 0 Å². The minimum atomic E-state index is -4.36. The van der Waals surface area contributed by atoms with E-state index in [1.807, 2.05) is 0 Å². The lowest BCUT2D eigenvalue weighted by molar-refractivity contribution is -0.210. The molecular formula is C9H4BrF2NO3. The molecule has 16 heavy (non-hydrogen) atoms. The fourth-order valence-corrected chi connectivity index (χ4v) is 1.22. The molecule has 7 heteroatoms. The maximum atomic E-state index is 12.7. The van der Waals surface area contributed by atoms with Crippen LogP contribution >= 0.6 is 15.9 Å². The van der Waals surface area contributed by atoms with Crippen LogP contribution in [0.3, 0.4) is 0 Å². The lowest BCUT2D eigenvalue weighted by Crippen LogP contribution is -2.35. The Hall–Kier alpha value is -1.68. The molecule has 1 aromatic rings. The van der Waals surface area contributed by atoms with Crippen LogP contribution < -0.4 is 4.74 Å². The third-order valence-electron chi connectivity index (χ3n) is 1.55. The Morgan fingerprint density at radius 1 is 1.56 bits per heavy atom. The maximum Gasteiger partial charge on any atom is 0.501 e. The SMILES string of the molecule is N#Cc1cc(Br)ccc1OC(F)(F)C(=O)O. The van der Waals surface area contributed by atoms with E-state index in [0.29, 0.717) is 4.47 Å². The van der Waals surface area contributed by atoms with Gasteiger partial charge in [-0.25, -0.2) is 4.79 Å². The quantitative estimate of drug-likeness (QED) is 0.928. The number of aliphatic carboxylic acids is 1. The molecule has 84 valence electrons. The van der Waals surface area contributed by atoms with E-state index >= 15 is 0 Å². The normalized spacial score (nSPS) is 10.6. The first kappa shape index (κ1) is 12.4. The third kappa shape index (κ3) is 2.67. The van der Waals surface area contributed by atoms with Gasteiger partial charge in [0.2, 0.25) is 0 Å². The average molecular weight is 292 g/mol. The highest BCUT2D eigenvalue weighted by Gasteiger charge is 2.42. The summed E-state index contributed by atoms with van der Waals surface area (Å²) < 4.78 is 29.9. The number of alkyl halides is 2. The van der Waals surface area contributed by atoms with Crippen LogP contribution in [0.5, 0.6) is 5.75 Å². The Kier molecular flexibility index (Phi) is 3.44. The van der Waals surface area contributed by atoms with Gasteiger partial charge in [-0.3, -0.25) is 0 Å². The van der Waals surface area contributed by atoms with Crippen molar-refractivity contribution in [1.82, 2.24) is 0 Å². The summed E-state index contributed by atoms with van der Waals surface area (Å²) in [5.74, 6) is -2.91. The molecule has 0 saturated heterocycles. The van der Waals surface area contributed by atoms with E-state index in [1.54, 1.807) is 6.07 Å². The minimum Gasteiger partial charge on any atom is -0.474 e. The Balaban J connectivity index is 3.08. The summed E-state index contributed by atoms with van der Waals surface area (Å²) in [6.45, 7) is 0. The molecule has 4 nitrogen and oxygen atoms in total. The number of nitriles is 1. The lowest BCUT2D eigenvalue weighted by Gasteiger charge is -2.14. The fraction of sp³-hybridized carbons (Fsp3) is 0.111. The molecule has 0 aliphatic heterocycles. The van der Waals surface area contributed by atoms with Gasteiger partial charge in [-0.15, -0.1) is 0 Å². The van der Waals surface area contributed by atoms with Gasteiger partial charge in [-0.1, -0.05) is 15.9 Å². The first-order chi connectivity index (χ1) is 7.36. The van der Waals surface area contributed by atoms with Crippen molar-refractivity contribution >= 4 is 21.9 Å². The van der Waals surface area contributed by atoms with E-state index in [9.17, 15) is 13.6 Å². The third-order valence-corrected chi connectivity index (χ3v) is 2.04. The molecule has 0 atom stereocenters. The predicted molar refractivity (Wildman–Crippen MR) is 52.1 cm³/mol. The van der Waals surface area contributed by atoms with E-state index in [1.165, 1.54) is 12.1 Å². The van der Waals surface area contributed by atoms with Gasteiger partial charge in [0.05, 0.1) is 5.56 Å². The van der Waals surface area contributed by atoms with Crippen LogP contribution in [0.4, 0.5) is 8.78 Å². The van der Waals surface area contributed by atoms with Crippen LogP contribution in [-0.2, 0) is 4.79 Å². The molecule has 0 spiro atoms. The zero-order chi connectivity index (χ0) is 12.3. The number of hydrogen-bond acceptors (Lipinski definition) is 3. The number of benzene rings is 1. The summed E-state index contributed by atoms with van der Waals surface area (Å²) in [6, 6.07) is 5.30. The Morgan fingerprint density at radius 3 is 2.69 bits per heavy atom. The summed E-state index contributed by atoms with van der Waals surface area (Å²) in [6.07, 6.45) is -4.36. The first-order valence-corrected chi connectivity index (χ1v) is 4.66. The Labute approximate surface area is 97.2 Å². The van der Waals surface area contributed by atoms with Gasteiger partial charge in [0.15, 0.2) is 0 Å². The standard InChI is InChI=1S/C9H4BrF2NO3/c10-6-1-2-7(5(3-6)4-13)16-9(11,12)8(14)15/h1-3H,(H,14,15). The second-order valence-electron chi connectivity index (χ2n) is 2.68. The van der Waals surface area contributed by atoms with E-state index in [-0.39, 0.29) is 5.56 Å². The number of carbonyl (C=O) groups is 1. The van der Waals surface area contributed by atoms with Gasteiger partial charge >= 0.3 is 12.1 Å². The van der Waals surface area contributed by atoms with Gasteiger partial charge in [-0.05, 0) is 18.2 Å². The molecule has 1 N–H and O–H groups in total. The molecule has 1 aromatic carbocycles. The number of nitrogens with zero attached hydrogens (tertiary/aromatic N) is 1. The molecule has 0 saturated carbocycles. The number of ether oxygens (including phenoxy) is 1. The van der Waals surface area contributed by atoms with E-state index in [4.69, 9.17) is 10.4 Å². The lowest BCUT2D eigenvalue weighted by atomic mass is 10.2. The predicted octanol–water partition coefficient (Wildman–Crippen LogP) is 2.38. The Bertz CT molecular complexity index is 470. The summed E-state index contributed by atoms with van der Waals surface area (Å²) in [5, 5.41) is 16.8. The zero-order valence-electron chi connectivity index (χ0n) is 7.58. The highest BCUT2D eigenvalue weighted by Crippen LogP contribution is 2.27. The fourth-order valence-electron chi connectivity index (χ4n) is 0.860. The molecule has 0 aromatic heterocycles. The van der Waals surface area contributed by atoms with Crippen LogP contribution in [0.25, 0.3) is 0 Å². The minimum absolute atomic E-state index is 0.185. The monoisotopic (exact) mass is 291 g/mol. The molecule has 0 bridgehead atoms. The molecule has 0 heterocycles. The molecule has 0 aliphatic rings. The van der Waals surface area contributed by atoms with Crippen LogP contribution in [0.1, 0.15) is 5.56 Å². The Morgan fingerprint density at radius 2 is 2.19 bits per heavy atom. The topological polar surface area (TPSA) is 70.3 Å². The van der Waals surface area contributed by atoms with Crippen LogP contribution in [-0.4, -0.2) is 17.2 Å². The van der Waals surface area contributed by atoms with Crippen molar-refractivity contribution in [3.63, 3.8) is 0 Å². The molecule has 0 fully saturated rings. The smallest absolute Gasteiger partial charge is 0.474 e. The second kappa shape index (κ2) is 4.45. The summed E-state index contributed by atoms with van der Waals surface area (Å²) in [5.41, 5.74) is -0.185. The highest BCUT2D eigenvalue weighted by molar-refractivity contribution is 9.10. The average Bonchev–Trinajstić information content (AvgIpc) is 2.20. The van der Waals surface area contributed by atoms with Crippen LogP contribution in [0, 0.1) is 11.3 Å². The van der Waals surface area contributed by atoms with Crippen molar-refractivity contribution in [3.8, 4) is 11.8 Å². The summed E-state index contributed by atoms with van der Waals surface area (Å²) >= 11 is 3.04. The molecule has 0 aliphatic carbocycles. The van der Waals surface area contributed by atoms with Crippen molar-refractivity contribution in [2.45, 2.75) is 6.11 Å². The number of rotatable bonds is 3. The van der Waals surface area contributed by atoms with Crippen molar-refractivity contribution in [3.05, 3.63) is 28.2 Å². The van der Waals surface area contributed by atoms with Crippen LogP contribution in [0.2, 0.25) is 0 Å². The molecule has 0 unspecified atom stereocenters. The van der Waals surface area contributed by atoms with Crippen molar-refractivity contribution in [2.75, 3.05) is 0 Å². The van der Waals surface area contributed by atoms with Gasteiger partial charge in [0, 0.05) is 4.47 Å². The maximum absolute atomic E-state index is 12.7. The van der Waals surface area contributed by atoms with Crippen LogP contribution in [0.15, 0.2) is 22.7 Å². The highest BCUT2D eigenvalue weighted by atomic mass is 79.9. The van der Waals surface area contributed by atoms with Gasteiger partial charge < -0.3 is 9.84 Å².